The molecule has 0 bridgehead atoms. The molecule has 0 saturated heterocycles. The number of urea groups is 1. The lowest BCUT2D eigenvalue weighted by molar-refractivity contribution is -0.115. The molecule has 142 valence electrons. The van der Waals surface area contributed by atoms with Crippen molar-refractivity contribution in [1.82, 2.24) is 4.98 Å². The predicted molar refractivity (Wildman–Crippen MR) is 108 cm³/mol. The van der Waals surface area contributed by atoms with Crippen molar-refractivity contribution >= 4 is 45.7 Å². The molecule has 0 saturated carbocycles. The van der Waals surface area contributed by atoms with Crippen LogP contribution in [0.5, 0.6) is 0 Å². The Hall–Kier alpha value is -3.72. The van der Waals surface area contributed by atoms with Crippen molar-refractivity contribution in [2.24, 2.45) is 5.73 Å². The second-order valence-corrected chi connectivity index (χ2v) is 6.62. The molecule has 0 spiro atoms. The van der Waals surface area contributed by atoms with Gasteiger partial charge in [-0.15, -0.1) is 11.3 Å². The molecule has 28 heavy (non-hydrogen) atoms. The summed E-state index contributed by atoms with van der Waals surface area (Å²) >= 11 is 1.25. The van der Waals surface area contributed by atoms with Crippen molar-refractivity contribution in [2.45, 2.75) is 6.42 Å². The van der Waals surface area contributed by atoms with Crippen molar-refractivity contribution in [3.63, 3.8) is 0 Å². The minimum absolute atomic E-state index is 0.0468. The Kier molecular flexibility index (Phi) is 5.97. The van der Waals surface area contributed by atoms with Crippen LogP contribution in [0.3, 0.4) is 0 Å². The summed E-state index contributed by atoms with van der Waals surface area (Å²) in [6.07, 6.45) is 0.0468. The number of hydrogen-bond donors (Lipinski definition) is 4. The molecule has 0 unspecified atom stereocenters. The summed E-state index contributed by atoms with van der Waals surface area (Å²) in [6.45, 7) is 0. The Balaban J connectivity index is 1.57. The van der Waals surface area contributed by atoms with Gasteiger partial charge in [0.2, 0.25) is 5.91 Å². The summed E-state index contributed by atoms with van der Waals surface area (Å²) in [5.41, 5.74) is 7.14. The van der Waals surface area contributed by atoms with E-state index in [1.54, 1.807) is 53.9 Å². The first kappa shape index (κ1) is 19.1. The number of rotatable bonds is 6. The molecule has 2 aromatic carbocycles. The molecule has 3 rings (SSSR count). The zero-order valence-corrected chi connectivity index (χ0v) is 15.5. The maximum Gasteiger partial charge on any atom is 0.316 e. The lowest BCUT2D eigenvalue weighted by atomic mass is 10.2. The van der Waals surface area contributed by atoms with Crippen LogP contribution in [0.15, 0.2) is 60.0 Å². The highest BCUT2D eigenvalue weighted by atomic mass is 32.1. The van der Waals surface area contributed by atoms with Gasteiger partial charge in [0, 0.05) is 22.3 Å². The predicted octanol–water partition coefficient (Wildman–Crippen LogP) is 3.07. The van der Waals surface area contributed by atoms with Gasteiger partial charge in [-0.05, 0) is 30.3 Å². The third-order valence-corrected chi connectivity index (χ3v) is 4.37. The smallest absolute Gasteiger partial charge is 0.316 e. The number of nitrogens with one attached hydrogen (secondary N) is 3. The van der Waals surface area contributed by atoms with Crippen LogP contribution in [0.4, 0.5) is 21.3 Å². The zero-order valence-electron chi connectivity index (χ0n) is 14.6. The highest BCUT2D eigenvalue weighted by Gasteiger charge is 2.11. The average Bonchev–Trinajstić information content (AvgIpc) is 3.08. The molecular weight excluding hydrogens is 378 g/mol. The molecule has 8 nitrogen and oxygen atoms in total. The van der Waals surface area contributed by atoms with Gasteiger partial charge >= 0.3 is 6.03 Å². The van der Waals surface area contributed by atoms with E-state index in [-0.39, 0.29) is 18.2 Å². The topological polar surface area (TPSA) is 126 Å². The van der Waals surface area contributed by atoms with Crippen molar-refractivity contribution in [3.8, 4) is 0 Å². The highest BCUT2D eigenvalue weighted by Crippen LogP contribution is 2.18. The van der Waals surface area contributed by atoms with Gasteiger partial charge in [0.15, 0.2) is 5.13 Å². The van der Waals surface area contributed by atoms with E-state index in [1.807, 2.05) is 6.07 Å². The van der Waals surface area contributed by atoms with Crippen LogP contribution in [0.25, 0.3) is 0 Å². The molecule has 0 aliphatic rings. The summed E-state index contributed by atoms with van der Waals surface area (Å²) in [5, 5.41) is 10.0. The van der Waals surface area contributed by atoms with Crippen LogP contribution in [-0.4, -0.2) is 22.8 Å². The Morgan fingerprint density at radius 3 is 2.36 bits per heavy atom. The maximum atomic E-state index is 12.2. The number of hydrogen-bond acceptors (Lipinski definition) is 5. The summed E-state index contributed by atoms with van der Waals surface area (Å²) in [5.74, 6) is -0.535. The van der Waals surface area contributed by atoms with Crippen molar-refractivity contribution in [3.05, 3.63) is 71.2 Å². The normalized spacial score (nSPS) is 10.1. The van der Waals surface area contributed by atoms with Crippen molar-refractivity contribution < 1.29 is 14.4 Å². The molecular formula is C19H17N5O3S. The highest BCUT2D eigenvalue weighted by molar-refractivity contribution is 7.14. The maximum absolute atomic E-state index is 12.2. The van der Waals surface area contributed by atoms with Crippen LogP contribution < -0.4 is 21.7 Å². The summed E-state index contributed by atoms with van der Waals surface area (Å²) in [7, 11) is 0. The molecule has 3 aromatic rings. The fourth-order valence-electron chi connectivity index (χ4n) is 2.39. The number of thiazole rings is 1. The second-order valence-electron chi connectivity index (χ2n) is 5.76. The number of nitrogens with two attached hydrogens (primary N) is 1. The van der Waals surface area contributed by atoms with E-state index >= 15 is 0 Å². The average molecular weight is 395 g/mol. The number of nitrogens with zero attached hydrogens (tertiary/aromatic N) is 1. The van der Waals surface area contributed by atoms with Gasteiger partial charge in [0.25, 0.3) is 5.91 Å². The fourth-order valence-corrected chi connectivity index (χ4v) is 3.10. The Morgan fingerprint density at radius 1 is 0.929 bits per heavy atom. The number of carbonyl (C=O) groups excluding carboxylic acids is 3. The number of amides is 4. The minimum atomic E-state index is -0.684. The van der Waals surface area contributed by atoms with E-state index in [9.17, 15) is 14.4 Å². The van der Waals surface area contributed by atoms with Crippen LogP contribution >= 0.6 is 11.3 Å². The number of aromatic nitrogens is 1. The Labute approximate surface area is 164 Å². The largest absolute Gasteiger partial charge is 0.351 e. The first-order valence-corrected chi connectivity index (χ1v) is 9.15. The molecule has 5 N–H and O–H groups in total. The van der Waals surface area contributed by atoms with Gasteiger partial charge in [0.1, 0.15) is 0 Å². The van der Waals surface area contributed by atoms with Crippen LogP contribution in [-0.2, 0) is 11.2 Å². The van der Waals surface area contributed by atoms with Gasteiger partial charge in [-0.3, -0.25) is 14.9 Å². The first-order valence-electron chi connectivity index (χ1n) is 8.27. The Bertz CT molecular complexity index is 1000. The van der Waals surface area contributed by atoms with Gasteiger partial charge in [0.05, 0.1) is 12.1 Å². The number of anilines is 3. The van der Waals surface area contributed by atoms with E-state index in [4.69, 9.17) is 5.73 Å². The third-order valence-electron chi connectivity index (χ3n) is 3.56. The lowest BCUT2D eigenvalue weighted by Gasteiger charge is -2.07. The number of primary amides is 1. The molecule has 0 aliphatic carbocycles. The monoisotopic (exact) mass is 395 g/mol. The minimum Gasteiger partial charge on any atom is -0.351 e. The van der Waals surface area contributed by atoms with Crippen molar-refractivity contribution in [1.29, 1.82) is 0 Å². The van der Waals surface area contributed by atoms with E-state index in [1.165, 1.54) is 11.3 Å². The fraction of sp³-hybridized carbons (Fsp3) is 0.0526. The van der Waals surface area contributed by atoms with E-state index in [0.717, 1.165) is 0 Å². The Morgan fingerprint density at radius 2 is 1.64 bits per heavy atom. The molecule has 0 fully saturated rings. The molecule has 1 aromatic heterocycles. The summed E-state index contributed by atoms with van der Waals surface area (Å²) in [6, 6.07) is 14.7. The van der Waals surface area contributed by atoms with Crippen LogP contribution in [0.2, 0.25) is 0 Å². The van der Waals surface area contributed by atoms with Crippen LogP contribution in [0.1, 0.15) is 16.1 Å². The van der Waals surface area contributed by atoms with Gasteiger partial charge in [-0.1, -0.05) is 24.3 Å². The van der Waals surface area contributed by atoms with Gasteiger partial charge < -0.3 is 16.4 Å². The van der Waals surface area contributed by atoms with E-state index in [0.29, 0.717) is 27.8 Å². The second kappa shape index (κ2) is 8.78. The molecule has 1 heterocycles. The van der Waals surface area contributed by atoms with E-state index in [2.05, 4.69) is 20.9 Å². The molecule has 0 atom stereocenters. The molecule has 0 aliphatic heterocycles. The lowest BCUT2D eigenvalue weighted by Crippen LogP contribution is -2.19. The molecule has 4 amide bonds. The first-order chi connectivity index (χ1) is 13.5. The van der Waals surface area contributed by atoms with Crippen molar-refractivity contribution in [2.75, 3.05) is 16.0 Å². The summed E-state index contributed by atoms with van der Waals surface area (Å²) < 4.78 is 0. The number of benzene rings is 2. The van der Waals surface area contributed by atoms with Gasteiger partial charge in [-0.2, -0.15) is 0 Å². The van der Waals surface area contributed by atoms with E-state index < -0.39 is 6.03 Å². The summed E-state index contributed by atoms with van der Waals surface area (Å²) in [4.78, 5) is 39.5. The van der Waals surface area contributed by atoms with Crippen LogP contribution in [0, 0.1) is 0 Å². The standard InChI is InChI=1S/C19H17N5O3S/c20-18(27)22-14-8-4-7-13(9-14)21-16(25)10-15-11-28-19(23-15)24-17(26)12-5-2-1-3-6-12/h1-9,11H,10H2,(H,21,25)(H3,20,22,27)(H,23,24,26). The SMILES string of the molecule is NC(=O)Nc1cccc(NC(=O)Cc2csc(NC(=O)c3ccccc3)n2)c1. The quantitative estimate of drug-likeness (QED) is 0.511. The molecule has 0 radical (unpaired) electrons. The number of carbonyl (C=O) groups is 3. The third kappa shape index (κ3) is 5.39. The zero-order chi connectivity index (χ0) is 19.9. The van der Waals surface area contributed by atoms with Gasteiger partial charge in [-0.25, -0.2) is 9.78 Å². The molecule has 9 heteroatoms.